The van der Waals surface area contributed by atoms with Gasteiger partial charge < -0.3 is 14.8 Å². The zero-order valence-corrected chi connectivity index (χ0v) is 18.3. The van der Waals surface area contributed by atoms with Crippen molar-refractivity contribution in [2.75, 3.05) is 5.32 Å². The number of aromatic nitrogens is 2. The van der Waals surface area contributed by atoms with E-state index in [1.807, 2.05) is 26.8 Å². The Bertz CT molecular complexity index is 980. The minimum absolute atomic E-state index is 0.228. The van der Waals surface area contributed by atoms with Crippen molar-refractivity contribution >= 4 is 22.9 Å². The van der Waals surface area contributed by atoms with E-state index in [-0.39, 0.29) is 4.87 Å². The van der Waals surface area contributed by atoms with Crippen molar-refractivity contribution in [2.45, 2.75) is 70.4 Å². The second-order valence-corrected chi connectivity index (χ2v) is 9.46. The van der Waals surface area contributed by atoms with Crippen LogP contribution in [0.4, 0.5) is 5.69 Å². The highest BCUT2D eigenvalue weighted by Crippen LogP contribution is 2.37. The van der Waals surface area contributed by atoms with Gasteiger partial charge in [0.1, 0.15) is 6.04 Å². The van der Waals surface area contributed by atoms with Crippen LogP contribution in [0, 0.1) is 25.2 Å². The first-order valence-electron chi connectivity index (χ1n) is 9.73. The maximum absolute atomic E-state index is 10.8. The van der Waals surface area contributed by atoms with E-state index in [9.17, 15) is 10.4 Å². The lowest BCUT2D eigenvalue weighted by molar-refractivity contribution is 0.0499. The standard InChI is InChI=1S/C22H27ClN4O2/c1-13-14(2)17(7-6-16(13)12-24)25-18(21(3,4)28)20-27-26-19(29-20)15-8-10-22(5,23)11-9-15/h6-8,18,25,28H,9-11H2,1-5H3/t18-,22?/m0/s1. The minimum atomic E-state index is -1.16. The van der Waals surface area contributed by atoms with Gasteiger partial charge in [-0.05, 0) is 77.1 Å². The van der Waals surface area contributed by atoms with E-state index in [1.54, 1.807) is 19.9 Å². The lowest BCUT2D eigenvalue weighted by Crippen LogP contribution is -2.35. The van der Waals surface area contributed by atoms with Gasteiger partial charge in [-0.15, -0.1) is 21.8 Å². The Morgan fingerprint density at radius 2 is 2.03 bits per heavy atom. The quantitative estimate of drug-likeness (QED) is 0.665. The number of anilines is 1. The highest BCUT2D eigenvalue weighted by Gasteiger charge is 2.34. The topological polar surface area (TPSA) is 95.0 Å². The summed E-state index contributed by atoms with van der Waals surface area (Å²) < 4.78 is 5.96. The molecule has 0 amide bonds. The number of alkyl halides is 1. The molecule has 154 valence electrons. The summed E-state index contributed by atoms with van der Waals surface area (Å²) in [6.07, 6.45) is 4.41. The number of nitrogens with zero attached hydrogens (tertiary/aromatic N) is 3. The van der Waals surface area contributed by atoms with Crippen LogP contribution in [-0.2, 0) is 0 Å². The Labute approximate surface area is 176 Å². The SMILES string of the molecule is Cc1c(C#N)ccc(N[C@@H](c2nnc(C3=CCC(C)(Cl)CC3)o2)C(C)(C)O)c1C. The average molecular weight is 415 g/mol. The lowest BCUT2D eigenvalue weighted by Gasteiger charge is -2.29. The van der Waals surface area contributed by atoms with Crippen molar-refractivity contribution in [3.05, 3.63) is 46.7 Å². The third-order valence-corrected chi connectivity index (χ3v) is 5.91. The van der Waals surface area contributed by atoms with Crippen LogP contribution < -0.4 is 5.32 Å². The van der Waals surface area contributed by atoms with Crippen LogP contribution in [-0.4, -0.2) is 25.8 Å². The van der Waals surface area contributed by atoms with Crippen LogP contribution in [0.15, 0.2) is 22.6 Å². The fourth-order valence-electron chi connectivity index (χ4n) is 3.40. The Morgan fingerprint density at radius 1 is 1.31 bits per heavy atom. The molecule has 3 rings (SSSR count). The summed E-state index contributed by atoms with van der Waals surface area (Å²) in [6, 6.07) is 5.18. The van der Waals surface area contributed by atoms with E-state index in [4.69, 9.17) is 16.0 Å². The molecule has 0 radical (unpaired) electrons. The van der Waals surface area contributed by atoms with Crippen LogP contribution in [0.25, 0.3) is 5.57 Å². The smallest absolute Gasteiger partial charge is 0.243 e. The molecule has 6 nitrogen and oxygen atoms in total. The average Bonchev–Trinajstić information content (AvgIpc) is 3.11. The third-order valence-electron chi connectivity index (χ3n) is 5.57. The Kier molecular flexibility index (Phi) is 5.75. The summed E-state index contributed by atoms with van der Waals surface area (Å²) in [5.74, 6) is 0.782. The monoisotopic (exact) mass is 414 g/mol. The van der Waals surface area contributed by atoms with Crippen molar-refractivity contribution in [2.24, 2.45) is 0 Å². The summed E-state index contributed by atoms with van der Waals surface area (Å²) in [5, 5.41) is 31.7. The molecule has 29 heavy (non-hydrogen) atoms. The van der Waals surface area contributed by atoms with Gasteiger partial charge >= 0.3 is 0 Å². The number of allylic oxidation sites excluding steroid dienone is 2. The van der Waals surface area contributed by atoms with Crippen LogP contribution in [0.2, 0.25) is 0 Å². The van der Waals surface area contributed by atoms with Crippen LogP contribution in [0.5, 0.6) is 0 Å². The minimum Gasteiger partial charge on any atom is -0.419 e. The zero-order chi connectivity index (χ0) is 21.4. The van der Waals surface area contributed by atoms with Gasteiger partial charge in [-0.2, -0.15) is 5.26 Å². The molecule has 1 aromatic heterocycles. The summed E-state index contributed by atoms with van der Waals surface area (Å²) in [4.78, 5) is -0.228. The van der Waals surface area contributed by atoms with Gasteiger partial charge in [-0.1, -0.05) is 6.08 Å². The van der Waals surface area contributed by atoms with Gasteiger partial charge in [-0.25, -0.2) is 0 Å². The number of rotatable bonds is 5. The van der Waals surface area contributed by atoms with Gasteiger partial charge in [0.2, 0.25) is 11.8 Å². The number of nitrogens with one attached hydrogen (secondary N) is 1. The fraction of sp³-hybridized carbons (Fsp3) is 0.500. The molecular weight excluding hydrogens is 388 g/mol. The fourth-order valence-corrected chi connectivity index (χ4v) is 3.58. The molecule has 1 aromatic carbocycles. The van der Waals surface area contributed by atoms with Gasteiger partial charge in [0.25, 0.3) is 0 Å². The van der Waals surface area contributed by atoms with Gasteiger partial charge in [0.15, 0.2) is 0 Å². The Morgan fingerprint density at radius 3 is 2.62 bits per heavy atom. The molecule has 1 unspecified atom stereocenters. The number of benzene rings is 1. The predicted octanol–water partition coefficient (Wildman–Crippen LogP) is 5.05. The normalized spacial score (nSPS) is 20.7. The Hall–Kier alpha value is -2.36. The molecule has 0 aliphatic heterocycles. The second kappa shape index (κ2) is 7.81. The molecule has 0 spiro atoms. The van der Waals surface area contributed by atoms with E-state index in [2.05, 4.69) is 27.7 Å². The molecule has 0 saturated carbocycles. The summed E-state index contributed by atoms with van der Waals surface area (Å²) in [6.45, 7) is 9.26. The van der Waals surface area contributed by atoms with Gasteiger partial charge in [0.05, 0.1) is 17.2 Å². The van der Waals surface area contributed by atoms with Crippen molar-refractivity contribution in [1.29, 1.82) is 5.26 Å². The van der Waals surface area contributed by atoms with E-state index in [0.29, 0.717) is 17.3 Å². The molecule has 0 bridgehead atoms. The molecule has 2 N–H and O–H groups in total. The van der Waals surface area contributed by atoms with Crippen LogP contribution in [0.3, 0.4) is 0 Å². The molecule has 0 fully saturated rings. The third kappa shape index (κ3) is 4.63. The highest BCUT2D eigenvalue weighted by atomic mass is 35.5. The van der Waals surface area contributed by atoms with Crippen molar-refractivity contribution < 1.29 is 9.52 Å². The van der Waals surface area contributed by atoms with E-state index in [1.165, 1.54) is 0 Å². The maximum atomic E-state index is 10.8. The molecule has 2 aromatic rings. The Balaban J connectivity index is 1.90. The van der Waals surface area contributed by atoms with Crippen molar-refractivity contribution in [3.63, 3.8) is 0 Å². The van der Waals surface area contributed by atoms with E-state index in [0.717, 1.165) is 41.6 Å². The van der Waals surface area contributed by atoms with Crippen LogP contribution in [0.1, 0.15) is 74.5 Å². The van der Waals surface area contributed by atoms with Gasteiger partial charge in [0, 0.05) is 16.1 Å². The highest BCUT2D eigenvalue weighted by molar-refractivity contribution is 6.24. The molecule has 1 heterocycles. The number of nitriles is 1. The molecule has 7 heteroatoms. The number of aliphatic hydroxyl groups is 1. The lowest BCUT2D eigenvalue weighted by atomic mass is 9.90. The molecule has 0 saturated heterocycles. The zero-order valence-electron chi connectivity index (χ0n) is 17.5. The molecule has 1 aliphatic carbocycles. The van der Waals surface area contributed by atoms with Crippen LogP contribution >= 0.6 is 11.6 Å². The number of halogens is 1. The summed E-state index contributed by atoms with van der Waals surface area (Å²) in [7, 11) is 0. The van der Waals surface area contributed by atoms with E-state index >= 15 is 0 Å². The first-order valence-corrected chi connectivity index (χ1v) is 10.1. The largest absolute Gasteiger partial charge is 0.419 e. The summed E-state index contributed by atoms with van der Waals surface area (Å²) >= 11 is 6.41. The second-order valence-electron chi connectivity index (χ2n) is 8.55. The van der Waals surface area contributed by atoms with Gasteiger partial charge in [-0.3, -0.25) is 0 Å². The molecular formula is C22H27ClN4O2. The first-order chi connectivity index (χ1) is 13.5. The van der Waals surface area contributed by atoms with Crippen molar-refractivity contribution in [1.82, 2.24) is 10.2 Å². The molecule has 1 aliphatic rings. The number of hydrogen-bond donors (Lipinski definition) is 2. The van der Waals surface area contributed by atoms with Crippen molar-refractivity contribution in [3.8, 4) is 6.07 Å². The maximum Gasteiger partial charge on any atom is 0.243 e. The first kappa shape index (κ1) is 21.4. The predicted molar refractivity (Wildman–Crippen MR) is 114 cm³/mol. The van der Waals surface area contributed by atoms with E-state index < -0.39 is 11.6 Å². The number of hydrogen-bond acceptors (Lipinski definition) is 6. The molecule has 2 atom stereocenters. The summed E-state index contributed by atoms with van der Waals surface area (Å²) in [5.41, 5.74) is 3.10.